The Morgan fingerprint density at radius 2 is 1.67 bits per heavy atom. The molecule has 0 N–H and O–H groups in total. The van der Waals surface area contributed by atoms with Gasteiger partial charge in [0.1, 0.15) is 0 Å². The van der Waals surface area contributed by atoms with Crippen LogP contribution in [0.3, 0.4) is 0 Å². The van der Waals surface area contributed by atoms with E-state index in [-0.39, 0.29) is 0 Å². The highest BCUT2D eigenvalue weighted by molar-refractivity contribution is 6.09. The van der Waals surface area contributed by atoms with Gasteiger partial charge in [0.2, 0.25) is 0 Å². The largest absolute Gasteiger partial charge is 0.0616 e. The minimum absolute atomic E-state index is 0.918. The molecule has 1 heteroatoms. The van der Waals surface area contributed by atoms with Crippen molar-refractivity contribution in [1.82, 2.24) is 0 Å². The molecule has 0 nitrogen and oxygen atoms in total. The van der Waals surface area contributed by atoms with Crippen molar-refractivity contribution < 1.29 is 0 Å². The molecule has 0 atom stereocenters. The third-order valence-corrected chi connectivity index (χ3v) is 2.45. The summed E-state index contributed by atoms with van der Waals surface area (Å²) in [7, 11) is 3.53. The zero-order valence-corrected chi connectivity index (χ0v) is 7.75. The Bertz CT molecular complexity index is 388. The Labute approximate surface area is 75.6 Å². The second-order valence-corrected chi connectivity index (χ2v) is 3.17. The van der Waals surface area contributed by atoms with E-state index in [0.717, 1.165) is 6.04 Å². The molecule has 0 saturated heterocycles. The van der Waals surface area contributed by atoms with E-state index in [1.54, 1.807) is 0 Å². The van der Waals surface area contributed by atoms with Crippen LogP contribution < -0.4 is 0 Å². The standard InChI is InChI=1S/C11H9Si/c12-8-10-6-3-5-9-4-1-2-7-11(9)10/h1-7H,8H2. The van der Waals surface area contributed by atoms with Gasteiger partial charge in [-0.2, -0.15) is 0 Å². The van der Waals surface area contributed by atoms with Gasteiger partial charge >= 0.3 is 0 Å². The third kappa shape index (κ3) is 1.16. The molecule has 0 amide bonds. The summed E-state index contributed by atoms with van der Waals surface area (Å²) in [5, 5.41) is 2.66. The Hall–Kier alpha value is -1.08. The zero-order chi connectivity index (χ0) is 8.39. The molecule has 2 aromatic carbocycles. The van der Waals surface area contributed by atoms with Crippen LogP contribution in [-0.2, 0) is 6.04 Å². The lowest BCUT2D eigenvalue weighted by Gasteiger charge is -2.02. The SMILES string of the molecule is [Si]Cc1cccc2ccccc12. The number of rotatable bonds is 1. The number of fused-ring (bicyclic) bond motifs is 1. The lowest BCUT2D eigenvalue weighted by atomic mass is 10.1. The number of benzene rings is 2. The van der Waals surface area contributed by atoms with Crippen LogP contribution >= 0.6 is 0 Å². The highest BCUT2D eigenvalue weighted by Gasteiger charge is 1.95. The smallest absolute Gasteiger partial charge is 0.0284 e. The van der Waals surface area contributed by atoms with Crippen molar-refractivity contribution >= 4 is 21.0 Å². The molecular weight excluding hydrogens is 160 g/mol. The summed E-state index contributed by atoms with van der Waals surface area (Å²) in [5.41, 5.74) is 1.35. The van der Waals surface area contributed by atoms with Crippen molar-refractivity contribution in [3.05, 3.63) is 48.0 Å². The fourth-order valence-corrected chi connectivity index (χ4v) is 1.75. The van der Waals surface area contributed by atoms with Crippen LogP contribution in [0.15, 0.2) is 42.5 Å². The normalized spacial score (nSPS) is 10.4. The van der Waals surface area contributed by atoms with Gasteiger partial charge in [0.05, 0.1) is 0 Å². The molecule has 0 aliphatic heterocycles. The van der Waals surface area contributed by atoms with Gasteiger partial charge in [0.15, 0.2) is 0 Å². The summed E-state index contributed by atoms with van der Waals surface area (Å²) in [6.45, 7) is 0. The predicted octanol–water partition coefficient (Wildman–Crippen LogP) is 2.51. The summed E-state index contributed by atoms with van der Waals surface area (Å²) in [6, 6.07) is 15.7. The molecule has 0 saturated carbocycles. The molecule has 0 spiro atoms. The van der Waals surface area contributed by atoms with Crippen molar-refractivity contribution in [3.63, 3.8) is 0 Å². The summed E-state index contributed by atoms with van der Waals surface area (Å²) < 4.78 is 0. The lowest BCUT2D eigenvalue weighted by Crippen LogP contribution is -1.84. The first-order chi connectivity index (χ1) is 5.92. The minimum atomic E-state index is 0.918. The Balaban J connectivity index is 2.79. The summed E-state index contributed by atoms with van der Waals surface area (Å²) in [5.74, 6) is 0. The van der Waals surface area contributed by atoms with Gasteiger partial charge in [-0.3, -0.25) is 0 Å². The Morgan fingerprint density at radius 3 is 2.50 bits per heavy atom. The summed E-state index contributed by atoms with van der Waals surface area (Å²) in [6.07, 6.45) is 0. The van der Waals surface area contributed by atoms with Crippen LogP contribution in [-0.4, -0.2) is 10.2 Å². The average molecular weight is 169 g/mol. The molecule has 3 radical (unpaired) electrons. The van der Waals surface area contributed by atoms with E-state index in [1.807, 2.05) is 0 Å². The zero-order valence-electron chi connectivity index (χ0n) is 6.75. The van der Waals surface area contributed by atoms with Crippen LogP contribution in [0.4, 0.5) is 0 Å². The van der Waals surface area contributed by atoms with Crippen molar-refractivity contribution in [2.45, 2.75) is 6.04 Å². The van der Waals surface area contributed by atoms with E-state index in [1.165, 1.54) is 16.3 Å². The van der Waals surface area contributed by atoms with Crippen LogP contribution in [0.25, 0.3) is 10.8 Å². The van der Waals surface area contributed by atoms with Crippen LogP contribution in [0.2, 0.25) is 0 Å². The molecule has 0 bridgehead atoms. The fraction of sp³-hybridized carbons (Fsp3) is 0.0909. The summed E-state index contributed by atoms with van der Waals surface area (Å²) >= 11 is 0. The molecule has 2 rings (SSSR count). The summed E-state index contributed by atoms with van der Waals surface area (Å²) in [4.78, 5) is 0. The Morgan fingerprint density at radius 1 is 0.917 bits per heavy atom. The second kappa shape index (κ2) is 3.11. The van der Waals surface area contributed by atoms with Crippen LogP contribution in [0.1, 0.15) is 5.56 Å². The van der Waals surface area contributed by atoms with Crippen molar-refractivity contribution in [2.75, 3.05) is 0 Å². The quantitative estimate of drug-likeness (QED) is 0.575. The van der Waals surface area contributed by atoms with Gasteiger partial charge in [0.25, 0.3) is 0 Å². The van der Waals surface area contributed by atoms with Gasteiger partial charge in [-0.25, -0.2) is 0 Å². The van der Waals surface area contributed by atoms with Crippen molar-refractivity contribution in [2.24, 2.45) is 0 Å². The molecule has 0 unspecified atom stereocenters. The van der Waals surface area contributed by atoms with E-state index >= 15 is 0 Å². The van der Waals surface area contributed by atoms with Gasteiger partial charge < -0.3 is 0 Å². The first-order valence-electron chi connectivity index (χ1n) is 4.03. The molecular formula is C11H9Si. The molecule has 0 aliphatic rings. The highest BCUT2D eigenvalue weighted by Crippen LogP contribution is 2.17. The van der Waals surface area contributed by atoms with Crippen molar-refractivity contribution in [3.8, 4) is 0 Å². The van der Waals surface area contributed by atoms with E-state index in [2.05, 4.69) is 52.7 Å². The maximum absolute atomic E-state index is 3.53. The molecule has 0 fully saturated rings. The average Bonchev–Trinajstić information content (AvgIpc) is 2.17. The van der Waals surface area contributed by atoms with Crippen molar-refractivity contribution in [1.29, 1.82) is 0 Å². The van der Waals surface area contributed by atoms with E-state index < -0.39 is 0 Å². The lowest BCUT2D eigenvalue weighted by molar-refractivity contribution is 1.45. The maximum Gasteiger partial charge on any atom is 0.0284 e. The van der Waals surface area contributed by atoms with Gasteiger partial charge in [-0.1, -0.05) is 42.5 Å². The second-order valence-electron chi connectivity index (χ2n) is 2.82. The maximum atomic E-state index is 3.53. The monoisotopic (exact) mass is 169 g/mol. The fourth-order valence-electron chi connectivity index (χ4n) is 1.45. The topological polar surface area (TPSA) is 0 Å². The highest BCUT2D eigenvalue weighted by atomic mass is 28.1. The van der Waals surface area contributed by atoms with Gasteiger partial charge in [-0.05, 0) is 22.4 Å². The molecule has 57 valence electrons. The van der Waals surface area contributed by atoms with E-state index in [0.29, 0.717) is 0 Å². The molecule has 0 aliphatic carbocycles. The molecule has 2 aromatic rings. The predicted molar refractivity (Wildman–Crippen MR) is 53.4 cm³/mol. The molecule has 12 heavy (non-hydrogen) atoms. The molecule has 0 heterocycles. The van der Waals surface area contributed by atoms with E-state index in [9.17, 15) is 0 Å². The third-order valence-electron chi connectivity index (χ3n) is 2.07. The van der Waals surface area contributed by atoms with Crippen LogP contribution in [0, 0.1) is 0 Å². The molecule has 0 aromatic heterocycles. The Kier molecular flexibility index (Phi) is 1.96. The number of hydrogen-bond acceptors (Lipinski definition) is 0. The number of hydrogen-bond donors (Lipinski definition) is 0. The first-order valence-corrected chi connectivity index (χ1v) is 4.74. The first kappa shape index (κ1) is 7.56. The van der Waals surface area contributed by atoms with Gasteiger partial charge in [0, 0.05) is 10.2 Å². The minimum Gasteiger partial charge on any atom is -0.0616 e. The van der Waals surface area contributed by atoms with Gasteiger partial charge in [-0.15, -0.1) is 0 Å². The van der Waals surface area contributed by atoms with Crippen LogP contribution in [0.5, 0.6) is 0 Å². The van der Waals surface area contributed by atoms with E-state index in [4.69, 9.17) is 0 Å².